The molecule has 1 aromatic heterocycles. The molecule has 0 saturated carbocycles. The highest BCUT2D eigenvalue weighted by Crippen LogP contribution is 2.07. The number of amides is 1. The zero-order chi connectivity index (χ0) is 12.2. The van der Waals surface area contributed by atoms with Crippen molar-refractivity contribution in [1.82, 2.24) is 15.3 Å². The first-order chi connectivity index (χ1) is 7.37. The lowest BCUT2D eigenvalue weighted by Gasteiger charge is -2.19. The molecular weight excluding hydrogens is 274 g/mol. The van der Waals surface area contributed by atoms with Crippen molar-refractivity contribution < 1.29 is 9.53 Å². The minimum Gasteiger partial charge on any atom is -0.444 e. The molecule has 5 nitrogen and oxygen atoms in total. The highest BCUT2D eigenvalue weighted by molar-refractivity contribution is 9.10. The van der Waals surface area contributed by atoms with Crippen LogP contribution in [0.3, 0.4) is 0 Å². The summed E-state index contributed by atoms with van der Waals surface area (Å²) in [6.07, 6.45) is 2.78. The van der Waals surface area contributed by atoms with Crippen LogP contribution in [0.25, 0.3) is 0 Å². The van der Waals surface area contributed by atoms with Crippen molar-refractivity contribution in [1.29, 1.82) is 0 Å². The number of aromatic nitrogens is 2. The van der Waals surface area contributed by atoms with Crippen LogP contribution in [0.2, 0.25) is 0 Å². The number of hydrogen-bond acceptors (Lipinski definition) is 4. The Balaban J connectivity index is 2.40. The van der Waals surface area contributed by atoms with Crippen molar-refractivity contribution in [3.8, 4) is 0 Å². The van der Waals surface area contributed by atoms with E-state index in [1.54, 1.807) is 12.4 Å². The van der Waals surface area contributed by atoms with Crippen LogP contribution in [-0.2, 0) is 11.3 Å². The van der Waals surface area contributed by atoms with Gasteiger partial charge in [-0.3, -0.25) is 0 Å². The SMILES string of the molecule is CC(C)(C)OC(=O)NCc1ncc(Br)cn1. The maximum Gasteiger partial charge on any atom is 0.408 e. The van der Waals surface area contributed by atoms with Gasteiger partial charge in [-0.05, 0) is 36.7 Å². The van der Waals surface area contributed by atoms with Crippen molar-refractivity contribution in [2.45, 2.75) is 32.9 Å². The van der Waals surface area contributed by atoms with Crippen molar-refractivity contribution in [3.05, 3.63) is 22.7 Å². The van der Waals surface area contributed by atoms with Gasteiger partial charge in [0.25, 0.3) is 0 Å². The van der Waals surface area contributed by atoms with Gasteiger partial charge in [0.2, 0.25) is 0 Å². The molecule has 1 amide bonds. The van der Waals surface area contributed by atoms with E-state index in [1.165, 1.54) is 0 Å². The summed E-state index contributed by atoms with van der Waals surface area (Å²) in [5, 5.41) is 2.57. The fourth-order valence-corrected chi connectivity index (χ4v) is 1.10. The van der Waals surface area contributed by atoms with E-state index >= 15 is 0 Å². The molecule has 1 aromatic rings. The molecule has 88 valence electrons. The summed E-state index contributed by atoms with van der Waals surface area (Å²) in [6, 6.07) is 0. The Morgan fingerprint density at radius 3 is 2.50 bits per heavy atom. The highest BCUT2D eigenvalue weighted by atomic mass is 79.9. The van der Waals surface area contributed by atoms with Crippen LogP contribution in [0.4, 0.5) is 4.79 Å². The van der Waals surface area contributed by atoms with Crippen LogP contribution < -0.4 is 5.32 Å². The van der Waals surface area contributed by atoms with Crippen molar-refractivity contribution in [2.24, 2.45) is 0 Å². The van der Waals surface area contributed by atoms with Crippen LogP contribution in [0, 0.1) is 0 Å². The van der Waals surface area contributed by atoms with Gasteiger partial charge >= 0.3 is 6.09 Å². The second-order valence-corrected chi connectivity index (χ2v) is 5.09. The molecule has 0 aliphatic carbocycles. The molecule has 0 spiro atoms. The molecule has 0 aliphatic heterocycles. The van der Waals surface area contributed by atoms with E-state index in [-0.39, 0.29) is 6.54 Å². The number of hydrogen-bond donors (Lipinski definition) is 1. The van der Waals surface area contributed by atoms with E-state index < -0.39 is 11.7 Å². The highest BCUT2D eigenvalue weighted by Gasteiger charge is 2.15. The van der Waals surface area contributed by atoms with Gasteiger partial charge in [0.05, 0.1) is 11.0 Å². The predicted octanol–water partition coefficient (Wildman–Crippen LogP) is 2.26. The Kier molecular flexibility index (Phi) is 4.23. The minimum absolute atomic E-state index is 0.252. The summed E-state index contributed by atoms with van der Waals surface area (Å²) in [5.74, 6) is 0.536. The number of nitrogens with one attached hydrogen (secondary N) is 1. The minimum atomic E-state index is -0.495. The van der Waals surface area contributed by atoms with Crippen molar-refractivity contribution in [3.63, 3.8) is 0 Å². The number of ether oxygens (including phenoxy) is 1. The van der Waals surface area contributed by atoms with Crippen LogP contribution in [0.1, 0.15) is 26.6 Å². The zero-order valence-electron chi connectivity index (χ0n) is 9.45. The van der Waals surface area contributed by atoms with Crippen molar-refractivity contribution in [2.75, 3.05) is 0 Å². The largest absolute Gasteiger partial charge is 0.444 e. The molecule has 1 heterocycles. The number of carbonyl (C=O) groups is 1. The molecule has 0 saturated heterocycles. The maximum absolute atomic E-state index is 11.3. The molecule has 1 rings (SSSR count). The summed E-state index contributed by atoms with van der Waals surface area (Å²) >= 11 is 3.23. The topological polar surface area (TPSA) is 64.1 Å². The molecule has 0 unspecified atom stereocenters. The lowest BCUT2D eigenvalue weighted by atomic mass is 10.2. The van der Waals surface area contributed by atoms with Crippen LogP contribution in [-0.4, -0.2) is 21.7 Å². The molecule has 0 bridgehead atoms. The maximum atomic E-state index is 11.3. The lowest BCUT2D eigenvalue weighted by Crippen LogP contribution is -2.32. The van der Waals surface area contributed by atoms with Gasteiger partial charge in [0.1, 0.15) is 11.4 Å². The second-order valence-electron chi connectivity index (χ2n) is 4.17. The van der Waals surface area contributed by atoms with Crippen LogP contribution >= 0.6 is 15.9 Å². The summed E-state index contributed by atoms with van der Waals surface area (Å²) in [5.41, 5.74) is -0.495. The van der Waals surface area contributed by atoms with Gasteiger partial charge in [0.15, 0.2) is 0 Å². The van der Waals surface area contributed by atoms with Gasteiger partial charge in [-0.15, -0.1) is 0 Å². The van der Waals surface area contributed by atoms with E-state index in [0.29, 0.717) is 5.82 Å². The first kappa shape index (κ1) is 12.9. The molecule has 0 fully saturated rings. The summed E-state index contributed by atoms with van der Waals surface area (Å²) in [7, 11) is 0. The predicted molar refractivity (Wildman–Crippen MR) is 62.8 cm³/mol. The monoisotopic (exact) mass is 287 g/mol. The quantitative estimate of drug-likeness (QED) is 0.906. The molecule has 6 heteroatoms. The Labute approximate surface area is 103 Å². The number of halogens is 1. The Morgan fingerprint density at radius 2 is 2.00 bits per heavy atom. The number of rotatable bonds is 2. The van der Waals surface area contributed by atoms with E-state index in [9.17, 15) is 4.79 Å². The smallest absolute Gasteiger partial charge is 0.408 e. The molecule has 16 heavy (non-hydrogen) atoms. The molecule has 0 aliphatic rings. The molecule has 0 radical (unpaired) electrons. The number of alkyl carbamates (subject to hydrolysis) is 1. The summed E-state index contributed by atoms with van der Waals surface area (Å²) < 4.78 is 5.87. The van der Waals surface area contributed by atoms with E-state index in [4.69, 9.17) is 4.74 Å². The average molecular weight is 288 g/mol. The first-order valence-electron chi connectivity index (χ1n) is 4.80. The fraction of sp³-hybridized carbons (Fsp3) is 0.500. The van der Waals surface area contributed by atoms with Gasteiger partial charge < -0.3 is 10.1 Å². The third-order valence-electron chi connectivity index (χ3n) is 1.46. The Morgan fingerprint density at radius 1 is 1.44 bits per heavy atom. The molecular formula is C10H14BrN3O2. The fourth-order valence-electron chi connectivity index (χ4n) is 0.896. The summed E-state index contributed by atoms with van der Waals surface area (Å²) in [4.78, 5) is 19.3. The molecule has 0 aromatic carbocycles. The third kappa shape index (κ3) is 5.06. The van der Waals surface area contributed by atoms with Gasteiger partial charge in [-0.1, -0.05) is 0 Å². The van der Waals surface area contributed by atoms with Gasteiger partial charge in [-0.25, -0.2) is 14.8 Å². The van der Waals surface area contributed by atoms with E-state index in [0.717, 1.165) is 4.47 Å². The van der Waals surface area contributed by atoms with E-state index in [2.05, 4.69) is 31.2 Å². The average Bonchev–Trinajstić information content (AvgIpc) is 2.14. The second kappa shape index (κ2) is 5.25. The number of carbonyl (C=O) groups excluding carboxylic acids is 1. The van der Waals surface area contributed by atoms with Crippen LogP contribution in [0.15, 0.2) is 16.9 Å². The lowest BCUT2D eigenvalue weighted by molar-refractivity contribution is 0.0522. The zero-order valence-corrected chi connectivity index (χ0v) is 11.0. The molecule has 1 N–H and O–H groups in total. The first-order valence-corrected chi connectivity index (χ1v) is 5.59. The Hall–Kier alpha value is -1.17. The number of nitrogens with zero attached hydrogens (tertiary/aromatic N) is 2. The Bertz CT molecular complexity index is 359. The summed E-state index contributed by atoms with van der Waals surface area (Å²) in [6.45, 7) is 5.68. The van der Waals surface area contributed by atoms with Crippen LogP contribution in [0.5, 0.6) is 0 Å². The normalized spacial score (nSPS) is 11.0. The standard InChI is InChI=1S/C10H14BrN3O2/c1-10(2,3)16-9(15)14-6-8-12-4-7(11)5-13-8/h4-5H,6H2,1-3H3,(H,14,15). The molecule has 0 atom stereocenters. The van der Waals surface area contributed by atoms with Crippen molar-refractivity contribution >= 4 is 22.0 Å². The van der Waals surface area contributed by atoms with E-state index in [1.807, 2.05) is 20.8 Å². The van der Waals surface area contributed by atoms with Gasteiger partial charge in [-0.2, -0.15) is 0 Å². The third-order valence-corrected chi connectivity index (χ3v) is 1.87. The van der Waals surface area contributed by atoms with Gasteiger partial charge in [0, 0.05) is 12.4 Å².